The molecular formula is C22H23ClFN3O4. The van der Waals surface area contributed by atoms with Gasteiger partial charge in [0.1, 0.15) is 5.82 Å². The molecule has 2 aliphatic rings. The molecule has 1 fully saturated rings. The van der Waals surface area contributed by atoms with E-state index in [2.05, 4.69) is 10.6 Å². The van der Waals surface area contributed by atoms with Crippen LogP contribution in [0.2, 0.25) is 5.02 Å². The highest BCUT2D eigenvalue weighted by Crippen LogP contribution is 2.34. The molecule has 164 valence electrons. The highest BCUT2D eigenvalue weighted by molar-refractivity contribution is 6.31. The van der Waals surface area contributed by atoms with Crippen molar-refractivity contribution in [3.8, 4) is 11.5 Å². The lowest BCUT2D eigenvalue weighted by Gasteiger charge is -2.38. The molecule has 2 aromatic rings. The second kappa shape index (κ2) is 8.63. The number of hydrogen-bond acceptors (Lipinski definition) is 4. The molecule has 31 heavy (non-hydrogen) atoms. The molecule has 0 radical (unpaired) electrons. The Balaban J connectivity index is 1.28. The minimum Gasteiger partial charge on any atom is -0.454 e. The van der Waals surface area contributed by atoms with Crippen LogP contribution in [0.1, 0.15) is 25.3 Å². The predicted octanol–water partition coefficient (Wildman–Crippen LogP) is 4.16. The predicted molar refractivity (Wildman–Crippen MR) is 114 cm³/mol. The van der Waals surface area contributed by atoms with Crippen molar-refractivity contribution in [2.45, 2.75) is 26.3 Å². The van der Waals surface area contributed by atoms with E-state index in [-0.39, 0.29) is 23.8 Å². The molecule has 2 aromatic carbocycles. The number of carbonyl (C=O) groups is 2. The van der Waals surface area contributed by atoms with E-state index in [1.54, 1.807) is 4.90 Å². The summed E-state index contributed by atoms with van der Waals surface area (Å²) in [6.45, 7) is 3.39. The molecular weight excluding hydrogens is 425 g/mol. The maximum absolute atomic E-state index is 13.3. The molecule has 0 bridgehead atoms. The molecule has 4 rings (SSSR count). The van der Waals surface area contributed by atoms with Crippen LogP contribution in [0.3, 0.4) is 0 Å². The molecule has 1 saturated heterocycles. The number of halogens is 2. The second-order valence-electron chi connectivity index (χ2n) is 7.98. The summed E-state index contributed by atoms with van der Waals surface area (Å²) < 4.78 is 23.9. The first-order valence-corrected chi connectivity index (χ1v) is 10.4. The summed E-state index contributed by atoms with van der Waals surface area (Å²) in [5.41, 5.74) is 0.786. The zero-order chi connectivity index (χ0) is 22.0. The minimum atomic E-state index is -0.563. The van der Waals surface area contributed by atoms with Crippen LogP contribution in [-0.4, -0.2) is 36.7 Å². The van der Waals surface area contributed by atoms with Crippen LogP contribution >= 0.6 is 11.6 Å². The lowest BCUT2D eigenvalue weighted by atomic mass is 9.79. The lowest BCUT2D eigenvalue weighted by molar-refractivity contribution is -0.132. The van der Waals surface area contributed by atoms with E-state index in [1.807, 2.05) is 25.1 Å². The third kappa shape index (κ3) is 4.69. The molecule has 7 nitrogen and oxygen atoms in total. The fourth-order valence-corrected chi connectivity index (χ4v) is 3.83. The molecule has 0 aliphatic carbocycles. The molecule has 0 aromatic heterocycles. The zero-order valence-corrected chi connectivity index (χ0v) is 17.8. The number of anilines is 1. The molecule has 0 unspecified atom stereocenters. The van der Waals surface area contributed by atoms with Crippen molar-refractivity contribution < 1.29 is 23.5 Å². The lowest BCUT2D eigenvalue weighted by Crippen LogP contribution is -2.49. The Morgan fingerprint density at radius 2 is 1.87 bits per heavy atom. The third-order valence-electron chi connectivity index (χ3n) is 5.76. The second-order valence-corrected chi connectivity index (χ2v) is 8.38. The average Bonchev–Trinajstić information content (AvgIpc) is 3.23. The van der Waals surface area contributed by atoms with E-state index in [9.17, 15) is 14.0 Å². The summed E-state index contributed by atoms with van der Waals surface area (Å²) in [5.74, 6) is 0.797. The SMILES string of the molecule is CC1(C(=O)NCc2ccc3c(c2)OCO3)CCN(C(=O)Nc2ccc(F)c(Cl)c2)CC1. The van der Waals surface area contributed by atoms with Gasteiger partial charge in [-0.2, -0.15) is 0 Å². The van der Waals surface area contributed by atoms with Gasteiger partial charge < -0.3 is 25.0 Å². The first kappa shape index (κ1) is 21.2. The summed E-state index contributed by atoms with van der Waals surface area (Å²) in [6, 6.07) is 9.31. The number of ether oxygens (including phenoxy) is 2. The molecule has 2 heterocycles. The van der Waals surface area contributed by atoms with Gasteiger partial charge in [0.25, 0.3) is 0 Å². The Labute approximate surface area is 184 Å². The average molecular weight is 448 g/mol. The summed E-state index contributed by atoms with van der Waals surface area (Å²) in [7, 11) is 0. The molecule has 2 aliphatic heterocycles. The summed E-state index contributed by atoms with van der Waals surface area (Å²) in [4.78, 5) is 27.0. The number of urea groups is 1. The van der Waals surface area contributed by atoms with Gasteiger partial charge in [-0.25, -0.2) is 9.18 Å². The quantitative estimate of drug-likeness (QED) is 0.737. The normalized spacial score (nSPS) is 16.7. The number of rotatable bonds is 4. The summed E-state index contributed by atoms with van der Waals surface area (Å²) in [5, 5.41) is 5.66. The number of likely N-dealkylation sites (tertiary alicyclic amines) is 1. The fourth-order valence-electron chi connectivity index (χ4n) is 3.65. The van der Waals surface area contributed by atoms with Gasteiger partial charge in [0, 0.05) is 30.7 Å². The molecule has 2 N–H and O–H groups in total. The Kier molecular flexibility index (Phi) is 5.91. The Hall–Kier alpha value is -3.00. The van der Waals surface area contributed by atoms with Gasteiger partial charge in [-0.1, -0.05) is 24.6 Å². The number of piperidine rings is 1. The van der Waals surface area contributed by atoms with Crippen LogP contribution < -0.4 is 20.1 Å². The molecule has 0 spiro atoms. The summed E-state index contributed by atoms with van der Waals surface area (Å²) in [6.07, 6.45) is 1.08. The summed E-state index contributed by atoms with van der Waals surface area (Å²) >= 11 is 5.76. The van der Waals surface area contributed by atoms with Crippen molar-refractivity contribution in [1.29, 1.82) is 0 Å². The smallest absolute Gasteiger partial charge is 0.321 e. The Morgan fingerprint density at radius 3 is 2.61 bits per heavy atom. The van der Waals surface area contributed by atoms with Crippen molar-refractivity contribution in [1.82, 2.24) is 10.2 Å². The van der Waals surface area contributed by atoms with E-state index in [0.29, 0.717) is 49.7 Å². The van der Waals surface area contributed by atoms with E-state index >= 15 is 0 Å². The molecule has 0 atom stereocenters. The maximum Gasteiger partial charge on any atom is 0.321 e. The van der Waals surface area contributed by atoms with E-state index in [1.165, 1.54) is 18.2 Å². The van der Waals surface area contributed by atoms with E-state index in [0.717, 1.165) is 5.56 Å². The largest absolute Gasteiger partial charge is 0.454 e. The van der Waals surface area contributed by atoms with E-state index in [4.69, 9.17) is 21.1 Å². The number of amides is 3. The van der Waals surface area contributed by atoms with Gasteiger partial charge in [-0.3, -0.25) is 4.79 Å². The van der Waals surface area contributed by atoms with Crippen LogP contribution in [-0.2, 0) is 11.3 Å². The monoisotopic (exact) mass is 447 g/mol. The molecule has 0 saturated carbocycles. The van der Waals surface area contributed by atoms with Gasteiger partial charge in [0.05, 0.1) is 5.02 Å². The zero-order valence-electron chi connectivity index (χ0n) is 17.0. The fraction of sp³-hybridized carbons (Fsp3) is 0.364. The van der Waals surface area contributed by atoms with Gasteiger partial charge in [-0.05, 0) is 48.7 Å². The van der Waals surface area contributed by atoms with Gasteiger partial charge in [-0.15, -0.1) is 0 Å². The number of nitrogens with one attached hydrogen (secondary N) is 2. The maximum atomic E-state index is 13.3. The van der Waals surface area contributed by atoms with Crippen molar-refractivity contribution in [2.75, 3.05) is 25.2 Å². The topological polar surface area (TPSA) is 79.9 Å². The minimum absolute atomic E-state index is 0.0458. The van der Waals surface area contributed by atoms with Crippen LogP contribution in [0.4, 0.5) is 14.9 Å². The van der Waals surface area contributed by atoms with Gasteiger partial charge >= 0.3 is 6.03 Å². The highest BCUT2D eigenvalue weighted by atomic mass is 35.5. The van der Waals surface area contributed by atoms with Crippen molar-refractivity contribution >= 4 is 29.2 Å². The number of nitrogens with zero attached hydrogens (tertiary/aromatic N) is 1. The van der Waals surface area contributed by atoms with Crippen molar-refractivity contribution in [3.63, 3.8) is 0 Å². The molecule has 9 heteroatoms. The molecule has 3 amide bonds. The Morgan fingerprint density at radius 1 is 1.13 bits per heavy atom. The first-order chi connectivity index (χ1) is 14.8. The Bertz CT molecular complexity index is 1010. The number of carbonyl (C=O) groups excluding carboxylic acids is 2. The number of benzene rings is 2. The number of fused-ring (bicyclic) bond motifs is 1. The van der Waals surface area contributed by atoms with Crippen molar-refractivity contribution in [2.24, 2.45) is 5.41 Å². The highest BCUT2D eigenvalue weighted by Gasteiger charge is 2.38. The third-order valence-corrected chi connectivity index (χ3v) is 6.05. The van der Waals surface area contributed by atoms with Crippen LogP contribution in [0.25, 0.3) is 0 Å². The standard InChI is InChI=1S/C22H23ClFN3O4/c1-22(20(28)25-12-14-2-5-18-19(10-14)31-13-30-18)6-8-27(9-7-22)21(29)26-15-3-4-17(24)16(23)11-15/h2-5,10-11H,6-9,12-13H2,1H3,(H,25,28)(H,26,29). The van der Waals surface area contributed by atoms with Crippen molar-refractivity contribution in [3.05, 3.63) is 52.8 Å². The van der Waals surface area contributed by atoms with Crippen LogP contribution in [0.5, 0.6) is 11.5 Å². The van der Waals surface area contributed by atoms with E-state index < -0.39 is 11.2 Å². The van der Waals surface area contributed by atoms with Gasteiger partial charge in [0.2, 0.25) is 12.7 Å². The first-order valence-electron chi connectivity index (χ1n) is 10.0. The van der Waals surface area contributed by atoms with Crippen LogP contribution in [0.15, 0.2) is 36.4 Å². The van der Waals surface area contributed by atoms with Gasteiger partial charge in [0.15, 0.2) is 11.5 Å². The number of hydrogen-bond donors (Lipinski definition) is 2. The van der Waals surface area contributed by atoms with Crippen LogP contribution in [0, 0.1) is 11.2 Å².